The van der Waals surface area contributed by atoms with Gasteiger partial charge in [0.05, 0.1) is 11.3 Å². The molecule has 2 aliphatic rings. The molecular weight excluding hydrogens is 364 g/mol. The zero-order chi connectivity index (χ0) is 18.8. The summed E-state index contributed by atoms with van der Waals surface area (Å²) in [6, 6.07) is 9.14. The normalized spacial score (nSPS) is 17.5. The number of halogens is 1. The third kappa shape index (κ3) is 3.62. The zero-order valence-electron chi connectivity index (χ0n) is 15.0. The van der Waals surface area contributed by atoms with E-state index >= 15 is 0 Å². The van der Waals surface area contributed by atoms with E-state index in [0.29, 0.717) is 42.3 Å². The molecule has 1 aromatic carbocycles. The van der Waals surface area contributed by atoms with Crippen molar-refractivity contribution in [3.8, 4) is 0 Å². The highest BCUT2D eigenvalue weighted by atomic mass is 35.5. The minimum absolute atomic E-state index is 0.0456. The van der Waals surface area contributed by atoms with E-state index in [2.05, 4.69) is 9.88 Å². The molecule has 7 heteroatoms. The van der Waals surface area contributed by atoms with Gasteiger partial charge in [-0.25, -0.2) is 0 Å². The molecule has 2 fully saturated rings. The summed E-state index contributed by atoms with van der Waals surface area (Å²) >= 11 is 6.15. The molecule has 2 saturated heterocycles. The van der Waals surface area contributed by atoms with Crippen LogP contribution < -0.4 is 9.80 Å². The van der Waals surface area contributed by atoms with Crippen LogP contribution in [0.4, 0.5) is 11.4 Å². The highest BCUT2D eigenvalue weighted by molar-refractivity contribution is 6.31. The summed E-state index contributed by atoms with van der Waals surface area (Å²) in [4.78, 5) is 35.2. The molecule has 2 amide bonds. The van der Waals surface area contributed by atoms with Gasteiger partial charge in [-0.1, -0.05) is 11.6 Å². The first kappa shape index (κ1) is 17.8. The largest absolute Gasteiger partial charge is 0.368 e. The number of rotatable bonds is 3. The monoisotopic (exact) mass is 384 g/mol. The number of amides is 2. The van der Waals surface area contributed by atoms with Crippen molar-refractivity contribution in [2.24, 2.45) is 0 Å². The molecule has 6 nitrogen and oxygen atoms in total. The van der Waals surface area contributed by atoms with Gasteiger partial charge >= 0.3 is 0 Å². The molecule has 0 aliphatic carbocycles. The summed E-state index contributed by atoms with van der Waals surface area (Å²) < 4.78 is 0. The molecule has 0 radical (unpaired) electrons. The van der Waals surface area contributed by atoms with E-state index in [-0.39, 0.29) is 11.8 Å². The first-order valence-electron chi connectivity index (χ1n) is 9.17. The molecule has 3 heterocycles. The van der Waals surface area contributed by atoms with E-state index < -0.39 is 0 Å². The molecule has 140 valence electrons. The maximum Gasteiger partial charge on any atom is 0.256 e. The lowest BCUT2D eigenvalue weighted by molar-refractivity contribution is -0.117. The van der Waals surface area contributed by atoms with Crippen molar-refractivity contribution >= 4 is 34.8 Å². The van der Waals surface area contributed by atoms with Gasteiger partial charge in [-0.05, 0) is 36.8 Å². The van der Waals surface area contributed by atoms with E-state index in [4.69, 9.17) is 11.6 Å². The van der Waals surface area contributed by atoms with Crippen LogP contribution in [0.5, 0.6) is 0 Å². The molecule has 0 atom stereocenters. The van der Waals surface area contributed by atoms with Gasteiger partial charge < -0.3 is 14.7 Å². The van der Waals surface area contributed by atoms with E-state index in [1.165, 1.54) is 0 Å². The van der Waals surface area contributed by atoms with Crippen LogP contribution in [-0.2, 0) is 4.79 Å². The summed E-state index contributed by atoms with van der Waals surface area (Å²) in [7, 11) is 0. The molecule has 2 aliphatic heterocycles. The molecule has 1 aromatic heterocycles. The predicted octanol–water partition coefficient (Wildman–Crippen LogP) is 2.82. The van der Waals surface area contributed by atoms with Gasteiger partial charge in [0.1, 0.15) is 0 Å². The van der Waals surface area contributed by atoms with E-state index in [1.807, 2.05) is 17.0 Å². The third-order valence-corrected chi connectivity index (χ3v) is 5.38. The van der Waals surface area contributed by atoms with Gasteiger partial charge in [-0.2, -0.15) is 0 Å². The summed E-state index contributed by atoms with van der Waals surface area (Å²) in [5, 5.41) is 0.531. The first-order chi connectivity index (χ1) is 13.1. The SMILES string of the molecule is O=C(c1ccc(Cl)cc1N1CCCC1=O)N1CCN(c2ccncc2)CC1. The Morgan fingerprint density at radius 1 is 1.00 bits per heavy atom. The fraction of sp³-hybridized carbons (Fsp3) is 0.350. The number of carbonyl (C=O) groups excluding carboxylic acids is 2. The topological polar surface area (TPSA) is 56.8 Å². The van der Waals surface area contributed by atoms with Crippen molar-refractivity contribution in [2.75, 3.05) is 42.5 Å². The van der Waals surface area contributed by atoms with Crippen molar-refractivity contribution < 1.29 is 9.59 Å². The van der Waals surface area contributed by atoms with Crippen molar-refractivity contribution in [1.29, 1.82) is 0 Å². The number of piperazine rings is 1. The lowest BCUT2D eigenvalue weighted by atomic mass is 10.1. The van der Waals surface area contributed by atoms with Crippen molar-refractivity contribution in [3.63, 3.8) is 0 Å². The highest BCUT2D eigenvalue weighted by Gasteiger charge is 2.29. The molecule has 0 saturated carbocycles. The lowest BCUT2D eigenvalue weighted by Crippen LogP contribution is -2.49. The van der Waals surface area contributed by atoms with Gasteiger partial charge in [0, 0.05) is 62.2 Å². The van der Waals surface area contributed by atoms with Gasteiger partial charge in [0.2, 0.25) is 5.91 Å². The zero-order valence-corrected chi connectivity index (χ0v) is 15.7. The van der Waals surface area contributed by atoms with Crippen molar-refractivity contribution in [1.82, 2.24) is 9.88 Å². The van der Waals surface area contributed by atoms with E-state index in [9.17, 15) is 9.59 Å². The predicted molar refractivity (Wildman–Crippen MR) is 105 cm³/mol. The molecule has 2 aromatic rings. The van der Waals surface area contributed by atoms with Crippen LogP contribution in [0.3, 0.4) is 0 Å². The maximum absolute atomic E-state index is 13.2. The van der Waals surface area contributed by atoms with Crippen molar-refractivity contribution in [3.05, 3.63) is 53.3 Å². The van der Waals surface area contributed by atoms with Gasteiger partial charge in [-0.15, -0.1) is 0 Å². The molecule has 0 N–H and O–H groups in total. The fourth-order valence-electron chi connectivity index (χ4n) is 3.70. The Labute approximate surface area is 163 Å². The number of anilines is 2. The van der Waals surface area contributed by atoms with E-state index in [0.717, 1.165) is 25.2 Å². The van der Waals surface area contributed by atoms with Crippen LogP contribution in [0.15, 0.2) is 42.7 Å². The number of hydrogen-bond donors (Lipinski definition) is 0. The Balaban J connectivity index is 1.51. The molecule has 0 unspecified atom stereocenters. The smallest absolute Gasteiger partial charge is 0.256 e. The summed E-state index contributed by atoms with van der Waals surface area (Å²) in [5.74, 6) is 0.00423. The maximum atomic E-state index is 13.2. The molecule has 0 bridgehead atoms. The van der Waals surface area contributed by atoms with Crippen LogP contribution >= 0.6 is 11.6 Å². The lowest BCUT2D eigenvalue weighted by Gasteiger charge is -2.36. The second-order valence-electron chi connectivity index (χ2n) is 6.80. The number of aromatic nitrogens is 1. The number of pyridine rings is 1. The van der Waals surface area contributed by atoms with Gasteiger partial charge in [-0.3, -0.25) is 14.6 Å². The minimum Gasteiger partial charge on any atom is -0.368 e. The molecular formula is C20H21ClN4O2. The molecule has 0 spiro atoms. The first-order valence-corrected chi connectivity index (χ1v) is 9.55. The average molecular weight is 385 g/mol. The minimum atomic E-state index is -0.0456. The summed E-state index contributed by atoms with van der Waals surface area (Å²) in [6.45, 7) is 3.44. The van der Waals surface area contributed by atoms with Crippen LogP contribution in [0.1, 0.15) is 23.2 Å². The number of benzene rings is 1. The number of carbonyl (C=O) groups is 2. The Kier molecular flexibility index (Phi) is 4.99. The summed E-state index contributed by atoms with van der Waals surface area (Å²) in [6.07, 6.45) is 4.88. The Morgan fingerprint density at radius 2 is 1.74 bits per heavy atom. The van der Waals surface area contributed by atoms with Crippen LogP contribution in [0.25, 0.3) is 0 Å². The van der Waals surface area contributed by atoms with Crippen LogP contribution in [-0.4, -0.2) is 54.4 Å². The molecule has 27 heavy (non-hydrogen) atoms. The average Bonchev–Trinajstić information content (AvgIpc) is 3.14. The molecule has 4 rings (SSSR count). The number of hydrogen-bond acceptors (Lipinski definition) is 4. The number of nitrogens with zero attached hydrogens (tertiary/aromatic N) is 4. The summed E-state index contributed by atoms with van der Waals surface area (Å²) in [5.41, 5.74) is 2.30. The van der Waals surface area contributed by atoms with Gasteiger partial charge in [0.25, 0.3) is 5.91 Å². The van der Waals surface area contributed by atoms with Crippen LogP contribution in [0.2, 0.25) is 5.02 Å². The second-order valence-corrected chi connectivity index (χ2v) is 7.23. The third-order valence-electron chi connectivity index (χ3n) is 5.15. The van der Waals surface area contributed by atoms with Crippen molar-refractivity contribution in [2.45, 2.75) is 12.8 Å². The quantitative estimate of drug-likeness (QED) is 0.816. The Morgan fingerprint density at radius 3 is 2.41 bits per heavy atom. The van der Waals surface area contributed by atoms with Crippen LogP contribution in [0, 0.1) is 0 Å². The second kappa shape index (κ2) is 7.56. The standard InChI is InChI=1S/C20H21ClN4O2/c21-15-3-4-17(18(14-15)25-9-1-2-19(25)26)20(27)24-12-10-23(11-13-24)16-5-7-22-8-6-16/h3-8,14H,1-2,9-13H2. The Bertz CT molecular complexity index is 850. The van der Waals surface area contributed by atoms with E-state index in [1.54, 1.807) is 35.5 Å². The highest BCUT2D eigenvalue weighted by Crippen LogP contribution is 2.30. The Hall–Kier alpha value is -2.60. The fourth-order valence-corrected chi connectivity index (χ4v) is 3.87. The van der Waals surface area contributed by atoms with Gasteiger partial charge in [0.15, 0.2) is 0 Å².